The van der Waals surface area contributed by atoms with Crippen LogP contribution in [0.3, 0.4) is 0 Å². The third-order valence-corrected chi connectivity index (χ3v) is 7.92. The first-order valence-electron chi connectivity index (χ1n) is 12.8. The lowest BCUT2D eigenvalue weighted by Gasteiger charge is -2.34. The fourth-order valence-corrected chi connectivity index (χ4v) is 6.01. The summed E-state index contributed by atoms with van der Waals surface area (Å²) in [5, 5.41) is 0. The predicted molar refractivity (Wildman–Crippen MR) is 142 cm³/mol. The van der Waals surface area contributed by atoms with Crippen molar-refractivity contribution in [3.05, 3.63) is 62.9 Å². The number of allylic oxidation sites excluding steroid dienone is 1. The number of methoxy groups -OCH3 is 1. The summed E-state index contributed by atoms with van der Waals surface area (Å²) in [6, 6.07) is 7.71. The predicted octanol–water partition coefficient (Wildman–Crippen LogP) is 5.99. The maximum Gasteiger partial charge on any atom is 0.224 e. The van der Waals surface area contributed by atoms with Crippen LogP contribution < -0.4 is 5.73 Å². The second-order valence-electron chi connectivity index (χ2n) is 10.00. The molecule has 3 atom stereocenters. The van der Waals surface area contributed by atoms with Gasteiger partial charge in [0.25, 0.3) is 0 Å². The molecule has 1 saturated heterocycles. The SMILES string of the molecule is COCCCn1c2c(c(C)c1C1CCCN(C(=O)C[C@H](N)Cc3ccc(Br)cc3)C1)C(F)CC=C2F. The van der Waals surface area contributed by atoms with Gasteiger partial charge in [0.2, 0.25) is 5.91 Å². The van der Waals surface area contributed by atoms with Gasteiger partial charge in [-0.25, -0.2) is 8.78 Å². The van der Waals surface area contributed by atoms with Crippen molar-refractivity contribution in [3.63, 3.8) is 0 Å². The largest absolute Gasteiger partial charge is 0.385 e. The van der Waals surface area contributed by atoms with Crippen molar-refractivity contribution in [2.75, 3.05) is 26.8 Å². The topological polar surface area (TPSA) is 60.5 Å². The Kier molecular flexibility index (Phi) is 9.01. The molecule has 8 heteroatoms. The van der Waals surface area contributed by atoms with Crippen LogP contribution in [0.5, 0.6) is 0 Å². The highest BCUT2D eigenvalue weighted by Crippen LogP contribution is 2.44. The molecule has 1 amide bonds. The zero-order chi connectivity index (χ0) is 25.8. The Morgan fingerprint density at radius 3 is 2.78 bits per heavy atom. The van der Waals surface area contributed by atoms with E-state index >= 15 is 0 Å². The van der Waals surface area contributed by atoms with E-state index < -0.39 is 6.17 Å². The number of carbonyl (C=O) groups is 1. The molecule has 36 heavy (non-hydrogen) atoms. The summed E-state index contributed by atoms with van der Waals surface area (Å²) in [4.78, 5) is 15.1. The highest BCUT2D eigenvalue weighted by Gasteiger charge is 2.35. The summed E-state index contributed by atoms with van der Waals surface area (Å²) < 4.78 is 38.2. The Morgan fingerprint density at radius 1 is 1.31 bits per heavy atom. The minimum Gasteiger partial charge on any atom is -0.385 e. The molecule has 0 saturated carbocycles. The minimum absolute atomic E-state index is 0.0264. The van der Waals surface area contributed by atoms with Crippen LogP contribution in [-0.4, -0.2) is 48.2 Å². The number of hydrogen-bond donors (Lipinski definition) is 1. The van der Waals surface area contributed by atoms with E-state index in [-0.39, 0.29) is 36.5 Å². The molecule has 0 bridgehead atoms. The molecule has 2 unspecified atom stereocenters. The molecule has 0 radical (unpaired) electrons. The maximum absolute atomic E-state index is 15.0. The Balaban J connectivity index is 1.51. The first-order valence-corrected chi connectivity index (χ1v) is 13.6. The zero-order valence-corrected chi connectivity index (χ0v) is 22.7. The lowest BCUT2D eigenvalue weighted by atomic mass is 9.90. The third-order valence-electron chi connectivity index (χ3n) is 7.39. The standard InChI is InChI=1S/C28H36BrF2N3O2/c1-18-26-23(30)10-11-24(31)28(26)34(13-4-14-36-2)27(18)20-5-3-12-33(17-20)25(35)16-22(32)15-19-6-8-21(29)9-7-19/h6-9,11,20,22-23H,3-5,10,12-17,32H2,1-2H3/t20?,22-,23?/m1/s1. The average Bonchev–Trinajstić information content (AvgIpc) is 3.16. The van der Waals surface area contributed by atoms with Crippen LogP contribution in [0, 0.1) is 6.92 Å². The number of ether oxygens (including phenoxy) is 1. The van der Waals surface area contributed by atoms with E-state index in [1.54, 1.807) is 7.11 Å². The molecule has 1 aliphatic heterocycles. The van der Waals surface area contributed by atoms with Gasteiger partial charge in [-0.3, -0.25) is 4.79 Å². The van der Waals surface area contributed by atoms with Crippen molar-refractivity contribution in [1.29, 1.82) is 0 Å². The molecule has 2 aromatic rings. The third kappa shape index (κ3) is 5.92. The summed E-state index contributed by atoms with van der Waals surface area (Å²) in [6.07, 6.45) is 3.55. The summed E-state index contributed by atoms with van der Waals surface area (Å²) in [5.41, 5.74) is 10.1. The number of likely N-dealkylation sites (tertiary alicyclic amines) is 1. The molecule has 1 aromatic carbocycles. The van der Waals surface area contributed by atoms with E-state index in [0.717, 1.165) is 34.1 Å². The monoisotopic (exact) mass is 563 g/mol. The number of nitrogens with zero attached hydrogens (tertiary/aromatic N) is 2. The molecule has 2 heterocycles. The molecule has 196 valence electrons. The van der Waals surface area contributed by atoms with Gasteiger partial charge < -0.3 is 19.9 Å². The number of carbonyl (C=O) groups excluding carboxylic acids is 1. The number of alkyl halides is 1. The van der Waals surface area contributed by atoms with E-state index in [1.165, 1.54) is 6.08 Å². The highest BCUT2D eigenvalue weighted by atomic mass is 79.9. The fraction of sp³-hybridized carbons (Fsp3) is 0.536. The number of aromatic nitrogens is 1. The van der Waals surface area contributed by atoms with Crippen molar-refractivity contribution < 1.29 is 18.3 Å². The van der Waals surface area contributed by atoms with Gasteiger partial charge in [-0.1, -0.05) is 28.1 Å². The van der Waals surface area contributed by atoms with Gasteiger partial charge in [0.05, 0.1) is 5.69 Å². The van der Waals surface area contributed by atoms with Crippen LogP contribution in [0.4, 0.5) is 8.78 Å². The molecule has 1 aromatic heterocycles. The lowest BCUT2D eigenvalue weighted by molar-refractivity contribution is -0.132. The van der Waals surface area contributed by atoms with Crippen molar-refractivity contribution in [1.82, 2.24) is 9.47 Å². The number of benzene rings is 1. The van der Waals surface area contributed by atoms with Gasteiger partial charge in [-0.05, 0) is 61.9 Å². The number of hydrogen-bond acceptors (Lipinski definition) is 3. The molecule has 1 aliphatic carbocycles. The Hall–Kier alpha value is -2.03. The number of rotatable bonds is 9. The van der Waals surface area contributed by atoms with Crippen LogP contribution >= 0.6 is 15.9 Å². The first kappa shape index (κ1) is 27.0. The van der Waals surface area contributed by atoms with Crippen molar-refractivity contribution >= 4 is 27.7 Å². The van der Waals surface area contributed by atoms with Crippen molar-refractivity contribution in [2.45, 2.75) is 70.1 Å². The number of fused-ring (bicyclic) bond motifs is 1. The van der Waals surface area contributed by atoms with E-state index in [2.05, 4.69) is 15.9 Å². The van der Waals surface area contributed by atoms with Crippen molar-refractivity contribution in [3.8, 4) is 0 Å². The number of piperidine rings is 1. The molecule has 2 aliphatic rings. The van der Waals surface area contributed by atoms with Crippen LogP contribution in [0.1, 0.15) is 72.3 Å². The van der Waals surface area contributed by atoms with Crippen LogP contribution in [0.15, 0.2) is 34.8 Å². The Labute approximate surface area is 220 Å². The second kappa shape index (κ2) is 12.0. The Morgan fingerprint density at radius 2 is 2.06 bits per heavy atom. The van der Waals surface area contributed by atoms with Crippen LogP contribution in [0.25, 0.3) is 5.83 Å². The molecule has 0 spiro atoms. The quantitative estimate of drug-likeness (QED) is 0.381. The number of amides is 1. The van der Waals surface area contributed by atoms with E-state index in [0.29, 0.717) is 50.3 Å². The smallest absolute Gasteiger partial charge is 0.224 e. The Bertz CT molecular complexity index is 1100. The van der Waals surface area contributed by atoms with Gasteiger partial charge in [0.15, 0.2) is 0 Å². The van der Waals surface area contributed by atoms with E-state index in [9.17, 15) is 13.6 Å². The van der Waals surface area contributed by atoms with Crippen LogP contribution in [0.2, 0.25) is 0 Å². The van der Waals surface area contributed by atoms with Gasteiger partial charge in [-0.15, -0.1) is 0 Å². The molecule has 4 rings (SSSR count). The summed E-state index contributed by atoms with van der Waals surface area (Å²) >= 11 is 3.44. The first-order chi connectivity index (χ1) is 17.3. The van der Waals surface area contributed by atoms with Gasteiger partial charge in [-0.2, -0.15) is 0 Å². The number of nitrogens with two attached hydrogens (primary N) is 1. The lowest BCUT2D eigenvalue weighted by Crippen LogP contribution is -2.42. The molecular formula is C28H36BrF2N3O2. The minimum atomic E-state index is -1.21. The maximum atomic E-state index is 15.0. The van der Waals surface area contributed by atoms with Gasteiger partial charge >= 0.3 is 0 Å². The molecule has 5 nitrogen and oxygen atoms in total. The normalized spacial score (nSPS) is 20.7. The average molecular weight is 565 g/mol. The summed E-state index contributed by atoms with van der Waals surface area (Å²) in [7, 11) is 1.64. The van der Waals surface area contributed by atoms with Crippen molar-refractivity contribution in [2.24, 2.45) is 5.73 Å². The highest BCUT2D eigenvalue weighted by molar-refractivity contribution is 9.10. The second-order valence-corrected chi connectivity index (χ2v) is 10.9. The fourth-order valence-electron chi connectivity index (χ4n) is 5.75. The molecule has 1 fully saturated rings. The van der Waals surface area contributed by atoms with Gasteiger partial charge in [0, 0.05) is 73.9 Å². The van der Waals surface area contributed by atoms with E-state index in [1.807, 2.05) is 40.7 Å². The molecule has 2 N–H and O–H groups in total. The molecular weight excluding hydrogens is 528 g/mol. The summed E-state index contributed by atoms with van der Waals surface area (Å²) in [5.74, 6) is -0.287. The van der Waals surface area contributed by atoms with Crippen LogP contribution in [-0.2, 0) is 22.5 Å². The van der Waals surface area contributed by atoms with E-state index in [4.69, 9.17) is 10.5 Å². The van der Waals surface area contributed by atoms with Gasteiger partial charge in [0.1, 0.15) is 12.0 Å². The zero-order valence-electron chi connectivity index (χ0n) is 21.1. The summed E-state index contributed by atoms with van der Waals surface area (Å²) in [6.45, 7) is 4.22. The number of halogens is 3.